The van der Waals surface area contributed by atoms with E-state index in [9.17, 15) is 34.8 Å². The Bertz CT molecular complexity index is 1610. The number of carbonyl (C=O) groups excluding carboxylic acids is 3. The number of hydrogen-bond donors (Lipinski definition) is 5. The number of fused-ring (bicyclic) bond motifs is 3. The number of phenolic OH excluding ortho intramolecular Hbond substituents is 1. The topological polar surface area (TPSA) is 165 Å². The maximum Gasteiger partial charge on any atom is 0.255 e. The number of nitrogens with two attached hydrogens (primary N) is 1. The van der Waals surface area contributed by atoms with E-state index in [1.807, 2.05) is 0 Å². The van der Waals surface area contributed by atoms with Gasteiger partial charge in [0.1, 0.15) is 22.8 Å². The van der Waals surface area contributed by atoms with Crippen LogP contribution in [0.25, 0.3) is 16.9 Å². The number of primary amides is 1. The molecule has 1 saturated carbocycles. The zero-order valence-corrected chi connectivity index (χ0v) is 24.2. The van der Waals surface area contributed by atoms with Crippen LogP contribution in [0.1, 0.15) is 17.5 Å². The fourth-order valence-corrected chi connectivity index (χ4v) is 6.87. The van der Waals surface area contributed by atoms with E-state index in [0.717, 1.165) is 0 Å². The van der Waals surface area contributed by atoms with Gasteiger partial charge in [-0.2, -0.15) is 0 Å². The Hall–Kier alpha value is -3.57. The number of hydrogen-bond acceptors (Lipinski definition) is 9. The molecule has 1 amide bonds. The van der Waals surface area contributed by atoms with Crippen molar-refractivity contribution in [2.24, 2.45) is 17.6 Å². The van der Waals surface area contributed by atoms with Crippen molar-refractivity contribution in [3.63, 3.8) is 0 Å². The summed E-state index contributed by atoms with van der Waals surface area (Å²) in [6, 6.07) is 5.38. The number of rotatable bonds is 4. The number of Topliss-reactive ketones (excluding diaryl/α,β-unsaturated/α-hetero) is 2. The van der Waals surface area contributed by atoms with Gasteiger partial charge in [0.2, 0.25) is 5.78 Å². The summed E-state index contributed by atoms with van der Waals surface area (Å²) in [5.74, 6) is -6.98. The molecule has 0 heterocycles. The monoisotopic (exact) mass is 601 g/mol. The molecular formula is C29H29Cl2N3O7. The molecule has 1 fully saturated rings. The van der Waals surface area contributed by atoms with E-state index in [1.54, 1.807) is 57.4 Å². The van der Waals surface area contributed by atoms with Crippen LogP contribution in [0.2, 0.25) is 10.0 Å². The molecule has 6 N–H and O–H groups in total. The number of benzene rings is 2. The van der Waals surface area contributed by atoms with Gasteiger partial charge in [-0.3, -0.25) is 19.3 Å². The number of anilines is 1. The van der Waals surface area contributed by atoms with E-state index in [0.29, 0.717) is 27.4 Å². The van der Waals surface area contributed by atoms with Gasteiger partial charge >= 0.3 is 0 Å². The van der Waals surface area contributed by atoms with Crippen molar-refractivity contribution in [2.45, 2.75) is 24.5 Å². The van der Waals surface area contributed by atoms with Gasteiger partial charge in [0, 0.05) is 36.8 Å². The maximum absolute atomic E-state index is 14.1. The van der Waals surface area contributed by atoms with Crippen LogP contribution in [0.15, 0.2) is 41.2 Å². The molecule has 2 aromatic carbocycles. The standard InChI is InChI=1S/C29H29Cl2N3O7/c1-33(2)18-10-13(11-5-6-16(30)17(31)9-11)23(35)20-14(18)7-12-8-15-22(34(3)4)25(37)21(28(32)40)27(39)29(15,41)26(38)19(12)24(20)36/h5-6,9-10,12,15,22,35-36,39,41H,7-8H2,1-4H3,(H2,32,40)/t12-,15-,22-,29-/m0/s1. The molecule has 5 rings (SSSR count). The molecule has 0 saturated heterocycles. The minimum absolute atomic E-state index is 0.00596. The van der Waals surface area contributed by atoms with Crippen LogP contribution in [0.4, 0.5) is 5.69 Å². The first kappa shape index (κ1) is 28.9. The van der Waals surface area contributed by atoms with Crippen LogP contribution >= 0.6 is 23.2 Å². The number of aromatic hydroxyl groups is 1. The number of aliphatic hydroxyl groups is 3. The molecule has 216 valence electrons. The highest BCUT2D eigenvalue weighted by atomic mass is 35.5. The highest BCUT2D eigenvalue weighted by Crippen LogP contribution is 2.55. The molecule has 0 bridgehead atoms. The number of carbonyl (C=O) groups is 3. The quantitative estimate of drug-likeness (QED) is 0.331. The number of halogens is 2. The van der Waals surface area contributed by atoms with Crippen LogP contribution in [0.5, 0.6) is 5.75 Å². The normalized spacial score (nSPS) is 25.7. The van der Waals surface area contributed by atoms with Gasteiger partial charge in [0.05, 0.1) is 21.7 Å². The largest absolute Gasteiger partial charge is 0.508 e. The van der Waals surface area contributed by atoms with E-state index in [1.165, 1.54) is 4.90 Å². The minimum atomic E-state index is -2.70. The molecule has 3 aliphatic carbocycles. The van der Waals surface area contributed by atoms with E-state index in [4.69, 9.17) is 28.9 Å². The summed E-state index contributed by atoms with van der Waals surface area (Å²) in [7, 11) is 6.70. The van der Waals surface area contributed by atoms with Crippen molar-refractivity contribution in [2.75, 3.05) is 33.1 Å². The molecule has 10 nitrogen and oxygen atoms in total. The van der Waals surface area contributed by atoms with Crippen molar-refractivity contribution in [1.82, 2.24) is 4.90 Å². The third-order valence-electron chi connectivity index (χ3n) is 8.41. The number of likely N-dealkylation sites (N-methyl/N-ethyl adjacent to an activating group) is 1. The summed E-state index contributed by atoms with van der Waals surface area (Å²) in [5.41, 5.74) is 3.62. The summed E-state index contributed by atoms with van der Waals surface area (Å²) in [4.78, 5) is 42.8. The molecule has 0 aromatic heterocycles. The Morgan fingerprint density at radius 2 is 1.71 bits per heavy atom. The lowest BCUT2D eigenvalue weighted by Crippen LogP contribution is -2.65. The Labute approximate surface area is 245 Å². The zero-order chi connectivity index (χ0) is 30.3. The van der Waals surface area contributed by atoms with Crippen molar-refractivity contribution in [3.05, 3.63) is 62.3 Å². The van der Waals surface area contributed by atoms with Crippen molar-refractivity contribution in [3.8, 4) is 16.9 Å². The lowest BCUT2D eigenvalue weighted by Gasteiger charge is -2.50. The van der Waals surface area contributed by atoms with E-state index >= 15 is 0 Å². The first-order valence-corrected chi connectivity index (χ1v) is 13.5. The van der Waals surface area contributed by atoms with Crippen molar-refractivity contribution in [1.29, 1.82) is 0 Å². The molecule has 3 aliphatic rings. The van der Waals surface area contributed by atoms with Gasteiger partial charge in [-0.05, 0) is 62.2 Å². The smallest absolute Gasteiger partial charge is 0.255 e. The Morgan fingerprint density at radius 1 is 1.05 bits per heavy atom. The lowest BCUT2D eigenvalue weighted by molar-refractivity contribution is -0.153. The van der Waals surface area contributed by atoms with Gasteiger partial charge in [0.25, 0.3) is 5.91 Å². The van der Waals surface area contributed by atoms with Crippen molar-refractivity contribution >= 4 is 52.1 Å². The first-order chi connectivity index (χ1) is 19.1. The van der Waals surface area contributed by atoms with E-state index < -0.39 is 58.0 Å². The zero-order valence-electron chi connectivity index (χ0n) is 22.7. The highest BCUT2D eigenvalue weighted by Gasteiger charge is 2.64. The molecule has 0 radical (unpaired) electrons. The van der Waals surface area contributed by atoms with Crippen LogP contribution in [-0.4, -0.2) is 82.6 Å². The highest BCUT2D eigenvalue weighted by molar-refractivity contribution is 6.42. The second-order valence-corrected chi connectivity index (χ2v) is 11.9. The second kappa shape index (κ2) is 9.77. The maximum atomic E-state index is 14.1. The SMILES string of the molecule is CN(C)c1cc(-c2ccc(Cl)c(Cl)c2)c(O)c2c1C[C@H]1C[C@H]3[C@H](N(C)C)C(=O)C(C(N)=O)=C(O)[C@@]3(O)C(=O)C1=C2O. The average molecular weight is 602 g/mol. The van der Waals surface area contributed by atoms with Gasteiger partial charge in [-0.1, -0.05) is 29.3 Å². The van der Waals surface area contributed by atoms with Gasteiger partial charge < -0.3 is 31.1 Å². The molecule has 0 spiro atoms. The fourth-order valence-electron chi connectivity index (χ4n) is 6.57. The van der Waals surface area contributed by atoms with Gasteiger partial charge in [-0.15, -0.1) is 0 Å². The number of amides is 1. The van der Waals surface area contributed by atoms with Crippen LogP contribution in [0, 0.1) is 11.8 Å². The Balaban J connectivity index is 1.78. The van der Waals surface area contributed by atoms with Crippen LogP contribution < -0.4 is 10.6 Å². The van der Waals surface area contributed by atoms with Gasteiger partial charge in [0.15, 0.2) is 11.4 Å². The van der Waals surface area contributed by atoms with Gasteiger partial charge in [-0.25, -0.2) is 0 Å². The van der Waals surface area contributed by atoms with Crippen LogP contribution in [-0.2, 0) is 20.8 Å². The lowest BCUT2D eigenvalue weighted by atomic mass is 9.57. The fraction of sp³-hybridized carbons (Fsp3) is 0.345. The summed E-state index contributed by atoms with van der Waals surface area (Å²) in [5, 5.41) is 46.5. The molecule has 41 heavy (non-hydrogen) atoms. The molecule has 0 unspecified atom stereocenters. The first-order valence-electron chi connectivity index (χ1n) is 12.8. The summed E-state index contributed by atoms with van der Waals surface area (Å²) in [6.45, 7) is 0. The predicted molar refractivity (Wildman–Crippen MR) is 154 cm³/mol. The summed E-state index contributed by atoms with van der Waals surface area (Å²) in [6.07, 6.45) is 0.186. The third kappa shape index (κ3) is 4.04. The van der Waals surface area contributed by atoms with E-state index in [2.05, 4.69) is 0 Å². The molecule has 12 heteroatoms. The third-order valence-corrected chi connectivity index (χ3v) is 9.15. The molecule has 0 aliphatic heterocycles. The molecular weight excluding hydrogens is 573 g/mol. The Morgan fingerprint density at radius 3 is 2.27 bits per heavy atom. The van der Waals surface area contributed by atoms with E-state index in [-0.39, 0.29) is 34.8 Å². The Kier molecular flexibility index (Phi) is 6.89. The van der Waals surface area contributed by atoms with Crippen molar-refractivity contribution < 1.29 is 34.8 Å². The molecule has 2 aromatic rings. The number of nitrogens with zero attached hydrogens (tertiary/aromatic N) is 2. The van der Waals surface area contributed by atoms with Crippen LogP contribution in [0.3, 0.4) is 0 Å². The average Bonchev–Trinajstić information content (AvgIpc) is 2.87. The predicted octanol–water partition coefficient (Wildman–Crippen LogP) is 3.00. The number of phenols is 1. The summed E-state index contributed by atoms with van der Waals surface area (Å²) < 4.78 is 0. The number of aliphatic hydroxyl groups excluding tert-OH is 2. The second-order valence-electron chi connectivity index (χ2n) is 11.1. The molecule has 4 atom stereocenters. The number of ketones is 2. The minimum Gasteiger partial charge on any atom is -0.508 e. The summed E-state index contributed by atoms with van der Waals surface area (Å²) >= 11 is 12.3.